The van der Waals surface area contributed by atoms with Gasteiger partial charge >= 0.3 is 0 Å². The Balaban J connectivity index is 2.20. The van der Waals surface area contributed by atoms with E-state index in [1.807, 2.05) is 25.1 Å². The molecular formula is C16H18N2O3. The number of aromatic nitrogens is 1. The number of ether oxygens (including phenoxy) is 2. The standard InChI is InChI=1S/C16H18N2O3/c1-11(18-16(19)12-5-4-8-17-10-12)14-9-13(20-2)6-7-15(14)21-3/h4-11H,1-3H3,(H,18,19)/t11-/m0/s1. The van der Waals surface area contributed by atoms with Crippen molar-refractivity contribution in [3.63, 3.8) is 0 Å². The highest BCUT2D eigenvalue weighted by Gasteiger charge is 2.16. The lowest BCUT2D eigenvalue weighted by Gasteiger charge is -2.18. The molecule has 0 bridgehead atoms. The number of carbonyl (C=O) groups excluding carboxylic acids is 1. The molecule has 0 fully saturated rings. The summed E-state index contributed by atoms with van der Waals surface area (Å²) < 4.78 is 10.5. The van der Waals surface area contributed by atoms with Crippen molar-refractivity contribution in [2.24, 2.45) is 0 Å². The van der Waals surface area contributed by atoms with E-state index in [2.05, 4.69) is 10.3 Å². The van der Waals surface area contributed by atoms with Crippen molar-refractivity contribution in [3.05, 3.63) is 53.9 Å². The average molecular weight is 286 g/mol. The SMILES string of the molecule is COc1ccc(OC)c([C@H](C)NC(=O)c2cccnc2)c1. The highest BCUT2D eigenvalue weighted by Crippen LogP contribution is 2.29. The molecule has 5 nitrogen and oxygen atoms in total. The van der Waals surface area contributed by atoms with Gasteiger partial charge in [0.25, 0.3) is 5.91 Å². The number of nitrogens with one attached hydrogen (secondary N) is 1. The van der Waals surface area contributed by atoms with Gasteiger partial charge < -0.3 is 14.8 Å². The second-order valence-corrected chi connectivity index (χ2v) is 4.54. The Morgan fingerprint density at radius 3 is 2.67 bits per heavy atom. The molecule has 1 aromatic carbocycles. The Labute approximate surface area is 123 Å². The van der Waals surface area contributed by atoms with Crippen LogP contribution in [0, 0.1) is 0 Å². The van der Waals surface area contributed by atoms with E-state index in [1.165, 1.54) is 6.20 Å². The summed E-state index contributed by atoms with van der Waals surface area (Å²) in [5, 5.41) is 2.92. The van der Waals surface area contributed by atoms with E-state index < -0.39 is 0 Å². The van der Waals surface area contributed by atoms with Crippen LogP contribution in [-0.4, -0.2) is 25.1 Å². The first-order chi connectivity index (χ1) is 10.2. The summed E-state index contributed by atoms with van der Waals surface area (Å²) in [5.74, 6) is 1.24. The first kappa shape index (κ1) is 14.8. The topological polar surface area (TPSA) is 60.5 Å². The van der Waals surface area contributed by atoms with Crippen LogP contribution in [0.5, 0.6) is 11.5 Å². The number of hydrogen-bond acceptors (Lipinski definition) is 4. The van der Waals surface area contributed by atoms with Gasteiger partial charge in [0.05, 0.1) is 25.8 Å². The first-order valence-electron chi connectivity index (χ1n) is 6.58. The van der Waals surface area contributed by atoms with E-state index in [9.17, 15) is 4.79 Å². The number of methoxy groups -OCH3 is 2. The average Bonchev–Trinajstić information content (AvgIpc) is 2.54. The minimum absolute atomic E-state index is 0.180. The maximum Gasteiger partial charge on any atom is 0.253 e. The molecule has 0 saturated heterocycles. The van der Waals surface area contributed by atoms with E-state index in [1.54, 1.807) is 32.5 Å². The Bertz CT molecular complexity index is 614. The van der Waals surface area contributed by atoms with Crippen molar-refractivity contribution in [1.82, 2.24) is 10.3 Å². The number of nitrogens with zero attached hydrogens (tertiary/aromatic N) is 1. The molecule has 1 heterocycles. The molecule has 1 aromatic heterocycles. The summed E-state index contributed by atoms with van der Waals surface area (Å²) in [4.78, 5) is 16.1. The van der Waals surface area contributed by atoms with Gasteiger partial charge in [0, 0.05) is 18.0 Å². The maximum absolute atomic E-state index is 12.2. The van der Waals surface area contributed by atoms with Gasteiger partial charge in [-0.1, -0.05) is 0 Å². The van der Waals surface area contributed by atoms with Crippen LogP contribution in [0.15, 0.2) is 42.7 Å². The van der Waals surface area contributed by atoms with Crippen molar-refractivity contribution in [2.75, 3.05) is 14.2 Å². The Morgan fingerprint density at radius 1 is 1.24 bits per heavy atom. The number of benzene rings is 1. The summed E-state index contributed by atoms with van der Waals surface area (Å²) in [5.41, 5.74) is 1.38. The third-order valence-electron chi connectivity index (χ3n) is 3.17. The van der Waals surface area contributed by atoms with Gasteiger partial charge in [0.2, 0.25) is 0 Å². The number of rotatable bonds is 5. The zero-order chi connectivity index (χ0) is 15.2. The van der Waals surface area contributed by atoms with Crippen molar-refractivity contribution >= 4 is 5.91 Å². The second kappa shape index (κ2) is 6.74. The lowest BCUT2D eigenvalue weighted by Crippen LogP contribution is -2.27. The van der Waals surface area contributed by atoms with Gasteiger partial charge in [-0.15, -0.1) is 0 Å². The van der Waals surface area contributed by atoms with Crippen LogP contribution < -0.4 is 14.8 Å². The predicted octanol–water partition coefficient (Wildman–Crippen LogP) is 2.59. The highest BCUT2D eigenvalue weighted by molar-refractivity contribution is 5.94. The summed E-state index contributed by atoms with van der Waals surface area (Å²) in [7, 11) is 3.20. The van der Waals surface area contributed by atoms with Gasteiger partial charge in [0.1, 0.15) is 11.5 Å². The lowest BCUT2D eigenvalue weighted by atomic mass is 10.1. The van der Waals surface area contributed by atoms with Crippen LogP contribution in [0.25, 0.3) is 0 Å². The number of amides is 1. The van der Waals surface area contributed by atoms with E-state index in [0.29, 0.717) is 17.1 Å². The molecule has 0 saturated carbocycles. The minimum Gasteiger partial charge on any atom is -0.497 e. The van der Waals surface area contributed by atoms with Crippen LogP contribution >= 0.6 is 0 Å². The van der Waals surface area contributed by atoms with E-state index in [4.69, 9.17) is 9.47 Å². The van der Waals surface area contributed by atoms with Crippen LogP contribution in [0.2, 0.25) is 0 Å². The molecule has 2 rings (SSSR count). The zero-order valence-electron chi connectivity index (χ0n) is 12.3. The maximum atomic E-state index is 12.2. The molecule has 1 N–H and O–H groups in total. The fraction of sp³-hybridized carbons (Fsp3) is 0.250. The van der Waals surface area contributed by atoms with Crippen LogP contribution in [0.1, 0.15) is 28.9 Å². The minimum atomic E-state index is -0.220. The van der Waals surface area contributed by atoms with Crippen molar-refractivity contribution in [3.8, 4) is 11.5 Å². The molecule has 0 unspecified atom stereocenters. The molecule has 0 radical (unpaired) electrons. The Morgan fingerprint density at radius 2 is 2.05 bits per heavy atom. The molecule has 5 heteroatoms. The van der Waals surface area contributed by atoms with Crippen LogP contribution in [0.4, 0.5) is 0 Å². The van der Waals surface area contributed by atoms with Gasteiger partial charge in [-0.25, -0.2) is 0 Å². The normalized spacial score (nSPS) is 11.6. The molecule has 0 spiro atoms. The van der Waals surface area contributed by atoms with Gasteiger partial charge in [-0.05, 0) is 37.3 Å². The number of hydrogen-bond donors (Lipinski definition) is 1. The summed E-state index contributed by atoms with van der Waals surface area (Å²) in [6.07, 6.45) is 3.16. The summed E-state index contributed by atoms with van der Waals surface area (Å²) in [6.45, 7) is 1.89. The predicted molar refractivity (Wildman–Crippen MR) is 79.7 cm³/mol. The van der Waals surface area contributed by atoms with Crippen molar-refractivity contribution in [2.45, 2.75) is 13.0 Å². The van der Waals surface area contributed by atoms with Crippen LogP contribution in [-0.2, 0) is 0 Å². The Kier molecular flexibility index (Phi) is 4.77. The fourth-order valence-corrected chi connectivity index (χ4v) is 2.03. The number of pyridine rings is 1. The molecule has 1 atom stereocenters. The van der Waals surface area contributed by atoms with Gasteiger partial charge in [-0.3, -0.25) is 9.78 Å². The van der Waals surface area contributed by atoms with Gasteiger partial charge in [-0.2, -0.15) is 0 Å². The van der Waals surface area contributed by atoms with Crippen molar-refractivity contribution < 1.29 is 14.3 Å². The smallest absolute Gasteiger partial charge is 0.253 e. The molecule has 1 amide bonds. The second-order valence-electron chi connectivity index (χ2n) is 4.54. The largest absolute Gasteiger partial charge is 0.497 e. The van der Waals surface area contributed by atoms with Crippen molar-refractivity contribution in [1.29, 1.82) is 0 Å². The third kappa shape index (κ3) is 3.51. The molecule has 2 aromatic rings. The summed E-state index contributed by atoms with van der Waals surface area (Å²) >= 11 is 0. The molecule has 110 valence electrons. The molecular weight excluding hydrogens is 268 g/mol. The fourth-order valence-electron chi connectivity index (χ4n) is 2.03. The highest BCUT2D eigenvalue weighted by atomic mass is 16.5. The monoisotopic (exact) mass is 286 g/mol. The van der Waals surface area contributed by atoms with E-state index in [-0.39, 0.29) is 11.9 Å². The van der Waals surface area contributed by atoms with E-state index in [0.717, 1.165) is 5.56 Å². The van der Waals surface area contributed by atoms with E-state index >= 15 is 0 Å². The zero-order valence-corrected chi connectivity index (χ0v) is 12.3. The first-order valence-corrected chi connectivity index (χ1v) is 6.58. The quantitative estimate of drug-likeness (QED) is 0.917. The third-order valence-corrected chi connectivity index (χ3v) is 3.17. The molecule has 0 aliphatic heterocycles. The summed E-state index contributed by atoms with van der Waals surface area (Å²) in [6, 6.07) is 8.72. The lowest BCUT2D eigenvalue weighted by molar-refractivity contribution is 0.0939. The Hall–Kier alpha value is -2.56. The molecule has 0 aliphatic rings. The molecule has 21 heavy (non-hydrogen) atoms. The van der Waals surface area contributed by atoms with Gasteiger partial charge in [0.15, 0.2) is 0 Å². The number of carbonyl (C=O) groups is 1. The van der Waals surface area contributed by atoms with Crippen LogP contribution in [0.3, 0.4) is 0 Å². The molecule has 0 aliphatic carbocycles.